The van der Waals surface area contributed by atoms with E-state index in [4.69, 9.17) is 4.55 Å². The van der Waals surface area contributed by atoms with Crippen molar-refractivity contribution < 1.29 is 13.0 Å². The Kier molecular flexibility index (Phi) is 2.21. The lowest BCUT2D eigenvalue weighted by molar-refractivity contribution is 0.481. The van der Waals surface area contributed by atoms with E-state index in [9.17, 15) is 8.42 Å². The average molecular weight is 172 g/mol. The van der Waals surface area contributed by atoms with Crippen LogP contribution < -0.4 is 0 Å². The second-order valence-electron chi connectivity index (χ2n) is 1.98. The Bertz CT molecular complexity index is 319. The third-order valence-corrected chi connectivity index (χ3v) is 1.67. The van der Waals surface area contributed by atoms with Gasteiger partial charge in [0.15, 0.2) is 0 Å². The van der Waals surface area contributed by atoms with E-state index in [2.05, 4.69) is 11.1 Å². The van der Waals surface area contributed by atoms with Crippen LogP contribution in [-0.4, -0.2) is 18.0 Å². The predicted octanol–water partition coefficient (Wildman–Crippen LogP) is 0.270. The molecule has 0 aliphatic carbocycles. The van der Waals surface area contributed by atoms with E-state index in [1.54, 1.807) is 0 Å². The zero-order valence-corrected chi connectivity index (χ0v) is 6.37. The molecule has 0 saturated carbocycles. The van der Waals surface area contributed by atoms with Crippen LogP contribution in [0, 0.1) is 6.07 Å². The molecule has 1 heterocycles. The number of hydrogen-bond donors (Lipinski definition) is 1. The van der Waals surface area contributed by atoms with E-state index in [1.165, 1.54) is 18.3 Å². The van der Waals surface area contributed by atoms with Gasteiger partial charge in [-0.3, -0.25) is 9.54 Å². The molecule has 11 heavy (non-hydrogen) atoms. The van der Waals surface area contributed by atoms with Crippen molar-refractivity contribution in [3.63, 3.8) is 0 Å². The number of nitrogens with zero attached hydrogens (tertiary/aromatic N) is 1. The van der Waals surface area contributed by atoms with Crippen LogP contribution in [0.1, 0.15) is 5.69 Å². The van der Waals surface area contributed by atoms with Crippen LogP contribution in [0.25, 0.3) is 0 Å². The van der Waals surface area contributed by atoms with Crippen LogP contribution in [0.2, 0.25) is 0 Å². The lowest BCUT2D eigenvalue weighted by atomic mass is 10.4. The summed E-state index contributed by atoms with van der Waals surface area (Å²) in [5.74, 6) is -0.443. The SMILES string of the molecule is O=S(=O)(O)Cc1cc[c]cn1. The predicted molar refractivity (Wildman–Crippen MR) is 38.3 cm³/mol. The normalized spacial score (nSPS) is 11.4. The Morgan fingerprint density at radius 2 is 2.36 bits per heavy atom. The maximum absolute atomic E-state index is 10.3. The van der Waals surface area contributed by atoms with Crippen molar-refractivity contribution in [1.29, 1.82) is 0 Å². The highest BCUT2D eigenvalue weighted by atomic mass is 32.2. The van der Waals surface area contributed by atoms with Gasteiger partial charge in [-0.1, -0.05) is 6.07 Å². The zero-order chi connectivity index (χ0) is 8.32. The molecular formula is C6H6NO3S. The van der Waals surface area contributed by atoms with Crippen molar-refractivity contribution in [2.24, 2.45) is 0 Å². The number of rotatable bonds is 2. The molecule has 0 aliphatic heterocycles. The highest BCUT2D eigenvalue weighted by Gasteiger charge is 2.05. The lowest BCUT2D eigenvalue weighted by Crippen LogP contribution is -2.02. The molecule has 0 saturated heterocycles. The summed E-state index contributed by atoms with van der Waals surface area (Å²) in [6.07, 6.45) is 1.35. The molecule has 1 N–H and O–H groups in total. The van der Waals surface area contributed by atoms with Crippen molar-refractivity contribution in [3.8, 4) is 0 Å². The fourth-order valence-electron chi connectivity index (χ4n) is 0.623. The summed E-state index contributed by atoms with van der Waals surface area (Å²) in [7, 11) is -3.95. The Balaban J connectivity index is 2.82. The van der Waals surface area contributed by atoms with Gasteiger partial charge in [0.1, 0.15) is 5.75 Å². The topological polar surface area (TPSA) is 67.3 Å². The summed E-state index contributed by atoms with van der Waals surface area (Å²) in [6, 6.07) is 5.65. The van der Waals surface area contributed by atoms with Gasteiger partial charge >= 0.3 is 0 Å². The van der Waals surface area contributed by atoms with E-state index < -0.39 is 15.9 Å². The maximum Gasteiger partial charge on any atom is 0.270 e. The minimum Gasteiger partial charge on any atom is -0.285 e. The zero-order valence-electron chi connectivity index (χ0n) is 5.56. The van der Waals surface area contributed by atoms with Crippen LogP contribution in [0.15, 0.2) is 18.3 Å². The van der Waals surface area contributed by atoms with Crippen molar-refractivity contribution in [1.82, 2.24) is 4.98 Å². The van der Waals surface area contributed by atoms with E-state index in [0.717, 1.165) is 0 Å². The molecule has 0 amide bonds. The van der Waals surface area contributed by atoms with Crippen LogP contribution in [0.5, 0.6) is 0 Å². The molecular weight excluding hydrogens is 166 g/mol. The third-order valence-electron chi connectivity index (χ3n) is 1.01. The van der Waals surface area contributed by atoms with Crippen LogP contribution >= 0.6 is 0 Å². The second-order valence-corrected chi connectivity index (χ2v) is 3.43. The molecule has 59 valence electrons. The first-order valence-corrected chi connectivity index (χ1v) is 4.45. The summed E-state index contributed by atoms with van der Waals surface area (Å²) < 4.78 is 29.0. The van der Waals surface area contributed by atoms with Crippen LogP contribution in [-0.2, 0) is 15.9 Å². The molecule has 4 nitrogen and oxygen atoms in total. The smallest absolute Gasteiger partial charge is 0.270 e. The lowest BCUT2D eigenvalue weighted by Gasteiger charge is -1.94. The van der Waals surface area contributed by atoms with Crippen LogP contribution in [0.4, 0.5) is 0 Å². The molecule has 1 radical (unpaired) electrons. The molecule has 1 aromatic heterocycles. The highest BCUT2D eigenvalue weighted by molar-refractivity contribution is 7.84. The number of hydrogen-bond acceptors (Lipinski definition) is 3. The fourth-order valence-corrected chi connectivity index (χ4v) is 1.17. The first-order chi connectivity index (χ1) is 5.08. The molecule has 0 spiro atoms. The Morgan fingerprint density at radius 1 is 1.64 bits per heavy atom. The van der Waals surface area contributed by atoms with Gasteiger partial charge in [-0.25, -0.2) is 0 Å². The Morgan fingerprint density at radius 3 is 2.82 bits per heavy atom. The van der Waals surface area contributed by atoms with E-state index in [1.807, 2.05) is 0 Å². The van der Waals surface area contributed by atoms with Gasteiger partial charge in [0.05, 0.1) is 5.69 Å². The molecule has 5 heteroatoms. The molecule has 0 atom stereocenters. The molecule has 0 bridgehead atoms. The first-order valence-electron chi connectivity index (χ1n) is 2.84. The van der Waals surface area contributed by atoms with Crippen molar-refractivity contribution >= 4 is 10.1 Å². The van der Waals surface area contributed by atoms with Gasteiger partial charge in [-0.05, 0) is 6.07 Å². The Labute approximate surface area is 64.6 Å². The molecule has 0 aliphatic rings. The summed E-state index contributed by atoms with van der Waals surface area (Å²) >= 11 is 0. The van der Waals surface area contributed by atoms with Gasteiger partial charge < -0.3 is 0 Å². The molecule has 0 fully saturated rings. The Hall–Kier alpha value is -0.940. The quantitative estimate of drug-likeness (QED) is 0.650. The van der Waals surface area contributed by atoms with E-state index >= 15 is 0 Å². The summed E-state index contributed by atoms with van der Waals surface area (Å²) in [6.45, 7) is 0. The first kappa shape index (κ1) is 8.16. The van der Waals surface area contributed by atoms with Gasteiger partial charge in [0, 0.05) is 12.3 Å². The van der Waals surface area contributed by atoms with E-state index in [-0.39, 0.29) is 0 Å². The summed E-state index contributed by atoms with van der Waals surface area (Å²) in [5, 5.41) is 0. The fraction of sp³-hybridized carbons (Fsp3) is 0.167. The number of pyridine rings is 1. The van der Waals surface area contributed by atoms with Gasteiger partial charge in [0.2, 0.25) is 0 Å². The molecule has 0 unspecified atom stereocenters. The summed E-state index contributed by atoms with van der Waals surface area (Å²) in [4.78, 5) is 3.67. The second kappa shape index (κ2) is 2.98. The third kappa shape index (κ3) is 3.10. The number of aromatic nitrogens is 1. The van der Waals surface area contributed by atoms with Crippen molar-refractivity contribution in [2.45, 2.75) is 5.75 Å². The molecule has 1 rings (SSSR count). The van der Waals surface area contributed by atoms with Gasteiger partial charge in [0.25, 0.3) is 10.1 Å². The average Bonchev–Trinajstić information content (AvgIpc) is 1.85. The minimum absolute atomic E-state index is 0.311. The largest absolute Gasteiger partial charge is 0.285 e. The minimum atomic E-state index is -3.95. The van der Waals surface area contributed by atoms with Crippen LogP contribution in [0.3, 0.4) is 0 Å². The monoisotopic (exact) mass is 172 g/mol. The van der Waals surface area contributed by atoms with Crippen molar-refractivity contribution in [2.75, 3.05) is 0 Å². The van der Waals surface area contributed by atoms with E-state index in [0.29, 0.717) is 5.69 Å². The van der Waals surface area contributed by atoms with Crippen molar-refractivity contribution in [3.05, 3.63) is 30.1 Å². The van der Waals surface area contributed by atoms with Gasteiger partial charge in [-0.2, -0.15) is 8.42 Å². The molecule has 0 aromatic carbocycles. The van der Waals surface area contributed by atoms with Gasteiger partial charge in [-0.15, -0.1) is 0 Å². The molecule has 1 aromatic rings. The standard InChI is InChI=1S/C6H6NO3S/c8-11(9,10)5-6-3-1-2-4-7-6/h1,3-4H,5H2,(H,8,9,10). The summed E-state index contributed by atoms with van der Waals surface area (Å²) in [5.41, 5.74) is 0.311. The maximum atomic E-state index is 10.3. The highest BCUT2D eigenvalue weighted by Crippen LogP contribution is 1.98.